The largest absolute Gasteiger partial charge is 0.503 e. The quantitative estimate of drug-likeness (QED) is 0.780. The molecule has 0 aliphatic carbocycles. The van der Waals surface area contributed by atoms with E-state index in [9.17, 15) is 5.11 Å². The summed E-state index contributed by atoms with van der Waals surface area (Å²) < 4.78 is 4.86. The zero-order chi connectivity index (χ0) is 10.7. The van der Waals surface area contributed by atoms with Crippen molar-refractivity contribution in [1.29, 1.82) is 5.26 Å². The van der Waals surface area contributed by atoms with Crippen molar-refractivity contribution in [2.45, 2.75) is 6.04 Å². The molecule has 14 heavy (non-hydrogen) atoms. The number of halogens is 1. The fraction of sp³-hybridized carbons (Fsp3) is 0.222. The lowest BCUT2D eigenvalue weighted by Crippen LogP contribution is -2.07. The van der Waals surface area contributed by atoms with Gasteiger partial charge in [-0.1, -0.05) is 11.6 Å². The molecular formula is C9H9ClN2O2. The van der Waals surface area contributed by atoms with Gasteiger partial charge in [0, 0.05) is 0 Å². The zero-order valence-corrected chi connectivity index (χ0v) is 8.25. The highest BCUT2D eigenvalue weighted by atomic mass is 35.5. The predicted octanol–water partition coefficient (Wildman–Crippen LogP) is 1.58. The molecule has 74 valence electrons. The molecule has 0 saturated heterocycles. The highest BCUT2D eigenvalue weighted by Gasteiger charge is 2.12. The normalized spacial score (nSPS) is 11.9. The van der Waals surface area contributed by atoms with E-state index in [4.69, 9.17) is 27.3 Å². The van der Waals surface area contributed by atoms with E-state index in [1.807, 2.05) is 6.07 Å². The van der Waals surface area contributed by atoms with Crippen LogP contribution in [0, 0.1) is 11.3 Å². The van der Waals surface area contributed by atoms with Crippen LogP contribution in [-0.4, -0.2) is 12.2 Å². The average Bonchev–Trinajstić information content (AvgIpc) is 2.20. The number of phenols is 1. The van der Waals surface area contributed by atoms with E-state index in [2.05, 4.69) is 0 Å². The highest BCUT2D eigenvalue weighted by Crippen LogP contribution is 2.36. The molecule has 4 nitrogen and oxygen atoms in total. The maximum Gasteiger partial charge on any atom is 0.176 e. The fourth-order valence-electron chi connectivity index (χ4n) is 1.00. The van der Waals surface area contributed by atoms with Crippen molar-refractivity contribution in [3.8, 4) is 17.6 Å². The van der Waals surface area contributed by atoms with Crippen LogP contribution in [0.15, 0.2) is 12.1 Å². The lowest BCUT2D eigenvalue weighted by molar-refractivity contribution is 0.373. The maximum atomic E-state index is 9.40. The number of nitrogens with zero attached hydrogens (tertiary/aromatic N) is 1. The standard InChI is InChI=1S/C9H9ClN2O2/c1-14-8-3-5(7(12)4-11)2-6(10)9(8)13/h2-3,7,13H,12H2,1H3/t7-/m1/s1. The Hall–Kier alpha value is -1.44. The average molecular weight is 213 g/mol. The first-order valence-corrected chi connectivity index (χ1v) is 4.19. The van der Waals surface area contributed by atoms with Gasteiger partial charge in [0.1, 0.15) is 6.04 Å². The topological polar surface area (TPSA) is 79.3 Å². The van der Waals surface area contributed by atoms with Gasteiger partial charge in [-0.25, -0.2) is 0 Å². The maximum absolute atomic E-state index is 9.40. The van der Waals surface area contributed by atoms with Crippen LogP contribution in [0.4, 0.5) is 0 Å². The van der Waals surface area contributed by atoms with Crippen molar-refractivity contribution in [2.75, 3.05) is 7.11 Å². The molecule has 0 aliphatic heterocycles. The van der Waals surface area contributed by atoms with E-state index in [0.717, 1.165) is 0 Å². The smallest absolute Gasteiger partial charge is 0.176 e. The minimum absolute atomic E-state index is 0.116. The summed E-state index contributed by atoms with van der Waals surface area (Å²) in [5, 5.41) is 18.1. The summed E-state index contributed by atoms with van der Waals surface area (Å²) in [7, 11) is 1.40. The Labute approximate surface area is 86.5 Å². The summed E-state index contributed by atoms with van der Waals surface area (Å²) in [6.07, 6.45) is 0. The van der Waals surface area contributed by atoms with Crippen LogP contribution in [0.2, 0.25) is 5.02 Å². The number of nitrogens with two attached hydrogens (primary N) is 1. The molecule has 0 bridgehead atoms. The highest BCUT2D eigenvalue weighted by molar-refractivity contribution is 6.32. The lowest BCUT2D eigenvalue weighted by Gasteiger charge is -2.09. The lowest BCUT2D eigenvalue weighted by atomic mass is 10.1. The van der Waals surface area contributed by atoms with Gasteiger partial charge in [-0.15, -0.1) is 0 Å². The minimum Gasteiger partial charge on any atom is -0.503 e. The van der Waals surface area contributed by atoms with E-state index >= 15 is 0 Å². The number of nitriles is 1. The SMILES string of the molecule is COc1cc([C@H](N)C#N)cc(Cl)c1O. The Bertz CT molecular complexity index is 387. The first kappa shape index (κ1) is 10.6. The molecule has 1 aromatic carbocycles. The number of rotatable bonds is 2. The van der Waals surface area contributed by atoms with Gasteiger partial charge in [-0.2, -0.15) is 5.26 Å². The number of aromatic hydroxyl groups is 1. The van der Waals surface area contributed by atoms with E-state index in [-0.39, 0.29) is 16.5 Å². The molecule has 0 aromatic heterocycles. The number of benzene rings is 1. The number of phenolic OH excluding ortho intramolecular Hbond substituents is 1. The van der Waals surface area contributed by atoms with Crippen LogP contribution in [0.5, 0.6) is 11.5 Å². The van der Waals surface area contributed by atoms with Crippen molar-refractivity contribution in [2.24, 2.45) is 5.73 Å². The summed E-state index contributed by atoms with van der Waals surface area (Å²) in [6, 6.07) is 4.00. The van der Waals surface area contributed by atoms with Crippen LogP contribution in [0.1, 0.15) is 11.6 Å². The van der Waals surface area contributed by atoms with Gasteiger partial charge in [-0.3, -0.25) is 0 Å². The summed E-state index contributed by atoms with van der Waals surface area (Å²) >= 11 is 5.70. The van der Waals surface area contributed by atoms with Crippen LogP contribution in [-0.2, 0) is 0 Å². The van der Waals surface area contributed by atoms with E-state index in [1.54, 1.807) is 0 Å². The van der Waals surface area contributed by atoms with E-state index in [0.29, 0.717) is 5.56 Å². The van der Waals surface area contributed by atoms with Crippen molar-refractivity contribution in [3.05, 3.63) is 22.7 Å². The first-order valence-electron chi connectivity index (χ1n) is 3.81. The third kappa shape index (κ3) is 1.90. The molecule has 1 aromatic rings. The van der Waals surface area contributed by atoms with Crippen LogP contribution >= 0.6 is 11.6 Å². The van der Waals surface area contributed by atoms with Crippen molar-refractivity contribution in [3.63, 3.8) is 0 Å². The summed E-state index contributed by atoms with van der Waals surface area (Å²) in [5.74, 6) is 0.0567. The second kappa shape index (κ2) is 4.18. The van der Waals surface area contributed by atoms with Gasteiger partial charge >= 0.3 is 0 Å². The molecule has 0 unspecified atom stereocenters. The molecule has 0 saturated carbocycles. The Morgan fingerprint density at radius 1 is 1.64 bits per heavy atom. The van der Waals surface area contributed by atoms with Crippen molar-refractivity contribution < 1.29 is 9.84 Å². The van der Waals surface area contributed by atoms with Crippen LogP contribution in [0.3, 0.4) is 0 Å². The summed E-state index contributed by atoms with van der Waals surface area (Å²) in [6.45, 7) is 0. The molecule has 1 atom stereocenters. The van der Waals surface area contributed by atoms with Gasteiger partial charge in [0.25, 0.3) is 0 Å². The molecule has 0 radical (unpaired) electrons. The molecule has 0 fully saturated rings. The molecule has 0 amide bonds. The zero-order valence-electron chi connectivity index (χ0n) is 7.49. The Morgan fingerprint density at radius 2 is 2.29 bits per heavy atom. The number of ether oxygens (including phenoxy) is 1. The van der Waals surface area contributed by atoms with Crippen molar-refractivity contribution >= 4 is 11.6 Å². The van der Waals surface area contributed by atoms with Gasteiger partial charge in [-0.05, 0) is 17.7 Å². The monoisotopic (exact) mass is 212 g/mol. The Kier molecular flexibility index (Phi) is 3.18. The van der Waals surface area contributed by atoms with Gasteiger partial charge in [0.05, 0.1) is 18.2 Å². The Balaban J connectivity index is 3.24. The van der Waals surface area contributed by atoms with Gasteiger partial charge in [0.15, 0.2) is 11.5 Å². The van der Waals surface area contributed by atoms with Gasteiger partial charge in [0.2, 0.25) is 0 Å². The first-order chi connectivity index (χ1) is 6.60. The Morgan fingerprint density at radius 3 is 2.79 bits per heavy atom. The van der Waals surface area contributed by atoms with Crippen LogP contribution < -0.4 is 10.5 Å². The molecule has 0 aliphatic rings. The third-order valence-corrected chi connectivity index (χ3v) is 2.06. The molecule has 5 heteroatoms. The van der Waals surface area contributed by atoms with Crippen molar-refractivity contribution in [1.82, 2.24) is 0 Å². The third-order valence-electron chi connectivity index (χ3n) is 1.77. The minimum atomic E-state index is -0.776. The van der Waals surface area contributed by atoms with E-state index < -0.39 is 6.04 Å². The number of methoxy groups -OCH3 is 1. The number of hydrogen-bond donors (Lipinski definition) is 2. The van der Waals surface area contributed by atoms with E-state index in [1.165, 1.54) is 19.2 Å². The molecule has 1 rings (SSSR count). The molecule has 0 spiro atoms. The summed E-state index contributed by atoms with van der Waals surface area (Å²) in [5.41, 5.74) is 5.99. The van der Waals surface area contributed by atoms with Gasteiger partial charge < -0.3 is 15.6 Å². The van der Waals surface area contributed by atoms with Crippen LogP contribution in [0.25, 0.3) is 0 Å². The number of hydrogen-bond acceptors (Lipinski definition) is 4. The second-order valence-electron chi connectivity index (χ2n) is 2.66. The second-order valence-corrected chi connectivity index (χ2v) is 3.07. The molecule has 3 N–H and O–H groups in total. The molecular weight excluding hydrogens is 204 g/mol. The predicted molar refractivity (Wildman–Crippen MR) is 52.2 cm³/mol. The fourth-order valence-corrected chi connectivity index (χ4v) is 1.22. The summed E-state index contributed by atoms with van der Waals surface area (Å²) in [4.78, 5) is 0. The molecule has 0 heterocycles.